The largest absolute Gasteiger partial charge is 0.416 e. The van der Waals surface area contributed by atoms with Crippen LogP contribution in [-0.2, 0) is 22.4 Å². The van der Waals surface area contributed by atoms with Gasteiger partial charge in [0.2, 0.25) is 5.91 Å². The van der Waals surface area contributed by atoms with Gasteiger partial charge in [-0.1, -0.05) is 31.1 Å². The zero-order chi connectivity index (χ0) is 20.0. The first-order valence-electron chi connectivity index (χ1n) is 9.05. The molecule has 1 unspecified atom stereocenters. The van der Waals surface area contributed by atoms with E-state index >= 15 is 0 Å². The molecule has 1 aliphatic heterocycles. The Hall–Kier alpha value is -2.09. The Kier molecular flexibility index (Phi) is 7.24. The summed E-state index contributed by atoms with van der Waals surface area (Å²) in [6.45, 7) is 5.06. The Balaban J connectivity index is 1.81. The SMILES string of the molecule is CC(C)CC(N)C(=O)N1CCC(=NOCc2cccc(C(F)(F)F)c2)CC1. The van der Waals surface area contributed by atoms with E-state index in [-0.39, 0.29) is 12.5 Å². The van der Waals surface area contributed by atoms with E-state index < -0.39 is 17.8 Å². The summed E-state index contributed by atoms with van der Waals surface area (Å²) >= 11 is 0. The van der Waals surface area contributed by atoms with Crippen LogP contribution in [0.15, 0.2) is 29.4 Å². The molecule has 1 aromatic carbocycles. The number of hydrogen-bond acceptors (Lipinski definition) is 4. The Labute approximate surface area is 157 Å². The molecule has 2 N–H and O–H groups in total. The zero-order valence-electron chi connectivity index (χ0n) is 15.6. The third-order valence-electron chi connectivity index (χ3n) is 4.37. The predicted molar refractivity (Wildman–Crippen MR) is 96.9 cm³/mol. The number of halogens is 3. The van der Waals surface area contributed by atoms with Gasteiger partial charge < -0.3 is 15.5 Å². The molecule has 0 aromatic heterocycles. The minimum Gasteiger partial charge on any atom is -0.391 e. The van der Waals surface area contributed by atoms with Crippen molar-refractivity contribution in [3.63, 3.8) is 0 Å². The maximum atomic E-state index is 12.7. The first-order chi connectivity index (χ1) is 12.7. The van der Waals surface area contributed by atoms with Gasteiger partial charge in [0.05, 0.1) is 17.3 Å². The maximum absolute atomic E-state index is 12.7. The molecule has 1 aliphatic rings. The topological polar surface area (TPSA) is 67.9 Å². The normalized spacial score (nSPS) is 16.4. The first-order valence-corrected chi connectivity index (χ1v) is 9.05. The van der Waals surface area contributed by atoms with Crippen molar-refractivity contribution in [2.24, 2.45) is 16.8 Å². The molecule has 1 heterocycles. The summed E-state index contributed by atoms with van der Waals surface area (Å²) in [5.74, 6) is 0.308. The third kappa shape index (κ3) is 6.53. The number of hydrogen-bond donors (Lipinski definition) is 1. The molecule has 27 heavy (non-hydrogen) atoms. The summed E-state index contributed by atoms with van der Waals surface area (Å²) in [7, 11) is 0. The van der Waals surface area contributed by atoms with E-state index in [2.05, 4.69) is 5.16 Å². The van der Waals surface area contributed by atoms with E-state index in [1.165, 1.54) is 6.07 Å². The fourth-order valence-corrected chi connectivity index (χ4v) is 2.96. The van der Waals surface area contributed by atoms with Crippen molar-refractivity contribution in [2.75, 3.05) is 13.1 Å². The summed E-state index contributed by atoms with van der Waals surface area (Å²) in [4.78, 5) is 19.2. The molecule has 8 heteroatoms. The third-order valence-corrected chi connectivity index (χ3v) is 4.37. The van der Waals surface area contributed by atoms with Crippen LogP contribution < -0.4 is 5.73 Å². The number of nitrogens with two attached hydrogens (primary N) is 1. The fourth-order valence-electron chi connectivity index (χ4n) is 2.96. The quantitative estimate of drug-likeness (QED) is 0.761. The second-order valence-electron chi connectivity index (χ2n) is 7.19. The average molecular weight is 385 g/mol. The van der Waals surface area contributed by atoms with Gasteiger partial charge in [-0.3, -0.25) is 4.79 Å². The van der Waals surface area contributed by atoms with Crippen LogP contribution in [0.1, 0.15) is 44.2 Å². The second-order valence-corrected chi connectivity index (χ2v) is 7.19. The molecule has 0 radical (unpaired) electrons. The number of rotatable bonds is 6. The summed E-state index contributed by atoms with van der Waals surface area (Å²) < 4.78 is 38.1. The highest BCUT2D eigenvalue weighted by Gasteiger charge is 2.30. The van der Waals surface area contributed by atoms with E-state index in [0.29, 0.717) is 43.8 Å². The lowest BCUT2D eigenvalue weighted by Gasteiger charge is -2.30. The predicted octanol–water partition coefficient (Wildman–Crippen LogP) is 3.57. The molecule has 0 spiro atoms. The molecule has 5 nitrogen and oxygen atoms in total. The Morgan fingerprint density at radius 3 is 2.56 bits per heavy atom. The molecule has 1 aromatic rings. The monoisotopic (exact) mass is 385 g/mol. The number of carbonyl (C=O) groups is 1. The van der Waals surface area contributed by atoms with Crippen LogP contribution in [0.5, 0.6) is 0 Å². The Bertz CT molecular complexity index is 664. The molecule has 2 rings (SSSR count). The van der Waals surface area contributed by atoms with Crippen molar-refractivity contribution in [3.05, 3.63) is 35.4 Å². The number of oxime groups is 1. The van der Waals surface area contributed by atoms with E-state index in [1.807, 2.05) is 13.8 Å². The minimum atomic E-state index is -4.38. The number of likely N-dealkylation sites (tertiary alicyclic amines) is 1. The molecule has 1 saturated heterocycles. The highest BCUT2D eigenvalue weighted by Crippen LogP contribution is 2.29. The van der Waals surface area contributed by atoms with Crippen molar-refractivity contribution in [3.8, 4) is 0 Å². The number of piperidine rings is 1. The highest BCUT2D eigenvalue weighted by molar-refractivity contribution is 5.88. The molecule has 1 amide bonds. The van der Waals surface area contributed by atoms with Gasteiger partial charge >= 0.3 is 6.18 Å². The van der Waals surface area contributed by atoms with Crippen molar-refractivity contribution < 1.29 is 22.8 Å². The average Bonchev–Trinajstić information content (AvgIpc) is 2.60. The van der Waals surface area contributed by atoms with Gasteiger partial charge in [-0.2, -0.15) is 13.2 Å². The lowest BCUT2D eigenvalue weighted by Crippen LogP contribution is -2.47. The molecule has 150 valence electrons. The molecule has 0 bridgehead atoms. The first kappa shape index (κ1) is 21.2. The van der Waals surface area contributed by atoms with Gasteiger partial charge in [0.1, 0.15) is 6.61 Å². The zero-order valence-corrected chi connectivity index (χ0v) is 15.6. The van der Waals surface area contributed by atoms with Gasteiger partial charge in [-0.05, 0) is 30.0 Å². The summed E-state index contributed by atoms with van der Waals surface area (Å²) in [5, 5.41) is 4.02. The van der Waals surface area contributed by atoms with Gasteiger partial charge in [0.15, 0.2) is 0 Å². The number of amides is 1. The van der Waals surface area contributed by atoms with Crippen LogP contribution in [-0.4, -0.2) is 35.7 Å². The number of nitrogens with zero attached hydrogens (tertiary/aromatic N) is 2. The van der Waals surface area contributed by atoms with Crippen molar-refractivity contribution in [1.29, 1.82) is 0 Å². The van der Waals surface area contributed by atoms with Crippen LogP contribution >= 0.6 is 0 Å². The summed E-state index contributed by atoms with van der Waals surface area (Å²) in [5.41, 5.74) is 6.44. The molecule has 1 fully saturated rings. The Morgan fingerprint density at radius 2 is 1.96 bits per heavy atom. The second kappa shape index (κ2) is 9.21. The van der Waals surface area contributed by atoms with Crippen LogP contribution in [0.2, 0.25) is 0 Å². The van der Waals surface area contributed by atoms with Gasteiger partial charge in [0.25, 0.3) is 0 Å². The van der Waals surface area contributed by atoms with E-state index in [9.17, 15) is 18.0 Å². The lowest BCUT2D eigenvalue weighted by atomic mass is 10.0. The van der Waals surface area contributed by atoms with Crippen LogP contribution in [0, 0.1) is 5.92 Å². The highest BCUT2D eigenvalue weighted by atomic mass is 19.4. The minimum absolute atomic E-state index is 0.0324. The summed E-state index contributed by atoms with van der Waals surface area (Å²) in [6.07, 6.45) is -2.58. The molecular weight excluding hydrogens is 359 g/mol. The van der Waals surface area contributed by atoms with Gasteiger partial charge in [-0.15, -0.1) is 0 Å². The molecule has 0 aliphatic carbocycles. The number of benzene rings is 1. The van der Waals surface area contributed by atoms with Crippen molar-refractivity contribution >= 4 is 11.6 Å². The lowest BCUT2D eigenvalue weighted by molar-refractivity contribution is -0.137. The van der Waals surface area contributed by atoms with Gasteiger partial charge in [0, 0.05) is 25.9 Å². The maximum Gasteiger partial charge on any atom is 0.416 e. The molecular formula is C19H26F3N3O2. The van der Waals surface area contributed by atoms with E-state index in [0.717, 1.165) is 17.8 Å². The molecule has 1 atom stereocenters. The fraction of sp³-hybridized carbons (Fsp3) is 0.579. The Morgan fingerprint density at radius 1 is 1.30 bits per heavy atom. The van der Waals surface area contributed by atoms with Crippen LogP contribution in [0.3, 0.4) is 0 Å². The number of carbonyl (C=O) groups excluding carboxylic acids is 1. The van der Waals surface area contributed by atoms with Crippen molar-refractivity contribution in [2.45, 2.75) is 51.9 Å². The van der Waals surface area contributed by atoms with E-state index in [4.69, 9.17) is 10.6 Å². The van der Waals surface area contributed by atoms with Gasteiger partial charge in [-0.25, -0.2) is 0 Å². The van der Waals surface area contributed by atoms with Crippen LogP contribution in [0.25, 0.3) is 0 Å². The van der Waals surface area contributed by atoms with Crippen LogP contribution in [0.4, 0.5) is 13.2 Å². The van der Waals surface area contributed by atoms with Crippen molar-refractivity contribution in [1.82, 2.24) is 4.90 Å². The van der Waals surface area contributed by atoms with E-state index in [1.54, 1.807) is 11.0 Å². The standard InChI is InChI=1S/C19H26F3N3O2/c1-13(2)10-17(23)18(26)25-8-6-16(7-9-25)24-27-12-14-4-3-5-15(11-14)19(20,21)22/h3-5,11,13,17H,6-10,12,23H2,1-2H3. The number of alkyl halides is 3. The smallest absolute Gasteiger partial charge is 0.391 e. The molecule has 0 saturated carbocycles. The summed E-state index contributed by atoms with van der Waals surface area (Å²) in [6, 6.07) is 4.50.